The van der Waals surface area contributed by atoms with Gasteiger partial charge >= 0.3 is 0 Å². The van der Waals surface area contributed by atoms with Crippen LogP contribution in [0.2, 0.25) is 0 Å². The minimum absolute atomic E-state index is 0.000576. The van der Waals surface area contributed by atoms with Crippen molar-refractivity contribution in [1.29, 1.82) is 0 Å². The van der Waals surface area contributed by atoms with Crippen molar-refractivity contribution in [2.45, 2.75) is 26.8 Å². The molecule has 2 heterocycles. The number of hydrogen-bond donors (Lipinski definition) is 1. The number of nitrogens with one attached hydrogen (secondary N) is 1. The van der Waals surface area contributed by atoms with E-state index in [4.69, 9.17) is 4.98 Å². The van der Waals surface area contributed by atoms with E-state index in [0.29, 0.717) is 0 Å². The Kier molecular flexibility index (Phi) is 6.45. The second kappa shape index (κ2) is 9.41. The van der Waals surface area contributed by atoms with Crippen LogP contribution < -0.4 is 14.7 Å². The van der Waals surface area contributed by atoms with Gasteiger partial charge in [0.25, 0.3) is 0 Å². The maximum atomic E-state index is 12.5. The predicted molar refractivity (Wildman–Crippen MR) is 124 cm³/mol. The molecule has 1 amide bonds. The molecule has 1 saturated heterocycles. The third-order valence-electron chi connectivity index (χ3n) is 5.68. The number of hydrogen-bond acceptors (Lipinski definition) is 4. The van der Waals surface area contributed by atoms with E-state index in [1.54, 1.807) is 28.1 Å². The van der Waals surface area contributed by atoms with Gasteiger partial charge in [0.1, 0.15) is 12.2 Å². The molecule has 0 radical (unpaired) electrons. The number of piperazine rings is 1. The molecular weight excluding hydrogens is 392 g/mol. The SMILES string of the molecule is CCc1ccccc1N(C(C)=O)c1nc(C[NH+]2CCN(c3ccccc3)CC2)cs1. The molecule has 4 rings (SSSR count). The number of nitrogens with zero attached hydrogens (tertiary/aromatic N) is 3. The van der Waals surface area contributed by atoms with Gasteiger partial charge in [-0.3, -0.25) is 9.69 Å². The van der Waals surface area contributed by atoms with Gasteiger partial charge in [0.2, 0.25) is 5.91 Å². The summed E-state index contributed by atoms with van der Waals surface area (Å²) in [4.78, 5) is 23.1. The van der Waals surface area contributed by atoms with E-state index in [-0.39, 0.29) is 5.91 Å². The quantitative estimate of drug-likeness (QED) is 0.664. The van der Waals surface area contributed by atoms with Crippen LogP contribution in [-0.2, 0) is 17.8 Å². The van der Waals surface area contributed by atoms with E-state index in [0.717, 1.165) is 61.2 Å². The van der Waals surface area contributed by atoms with Crippen molar-refractivity contribution in [2.24, 2.45) is 0 Å². The molecule has 156 valence electrons. The van der Waals surface area contributed by atoms with E-state index in [1.807, 2.05) is 18.2 Å². The first-order chi connectivity index (χ1) is 14.7. The highest BCUT2D eigenvalue weighted by molar-refractivity contribution is 7.14. The van der Waals surface area contributed by atoms with Crippen LogP contribution in [0.15, 0.2) is 60.0 Å². The first-order valence-corrected chi connectivity index (χ1v) is 11.5. The van der Waals surface area contributed by atoms with Crippen molar-refractivity contribution < 1.29 is 9.69 Å². The Balaban J connectivity index is 1.43. The average molecular weight is 422 g/mol. The smallest absolute Gasteiger partial charge is 0.230 e. The van der Waals surface area contributed by atoms with Crippen molar-refractivity contribution in [3.8, 4) is 0 Å². The van der Waals surface area contributed by atoms with Gasteiger partial charge in [0.05, 0.1) is 31.9 Å². The van der Waals surface area contributed by atoms with Gasteiger partial charge in [-0.15, -0.1) is 11.3 Å². The number of anilines is 3. The van der Waals surface area contributed by atoms with Gasteiger partial charge in [0.15, 0.2) is 5.13 Å². The lowest BCUT2D eigenvalue weighted by Crippen LogP contribution is -3.13. The van der Waals surface area contributed by atoms with Crippen LogP contribution in [0.1, 0.15) is 25.1 Å². The van der Waals surface area contributed by atoms with Crippen molar-refractivity contribution in [3.05, 3.63) is 71.2 Å². The highest BCUT2D eigenvalue weighted by atomic mass is 32.1. The van der Waals surface area contributed by atoms with E-state index in [2.05, 4.69) is 53.6 Å². The molecule has 6 heteroatoms. The fourth-order valence-corrected chi connectivity index (χ4v) is 4.95. The lowest BCUT2D eigenvalue weighted by molar-refractivity contribution is -0.914. The number of aromatic nitrogens is 1. The highest BCUT2D eigenvalue weighted by Crippen LogP contribution is 2.31. The maximum Gasteiger partial charge on any atom is 0.230 e. The van der Waals surface area contributed by atoms with E-state index in [1.165, 1.54) is 5.69 Å². The van der Waals surface area contributed by atoms with Crippen LogP contribution in [0.3, 0.4) is 0 Å². The summed E-state index contributed by atoms with van der Waals surface area (Å²) in [7, 11) is 0. The molecule has 1 aliphatic heterocycles. The number of rotatable bonds is 6. The van der Waals surface area contributed by atoms with Crippen LogP contribution in [0.4, 0.5) is 16.5 Å². The molecule has 3 aromatic rings. The average Bonchev–Trinajstić information content (AvgIpc) is 3.23. The van der Waals surface area contributed by atoms with Gasteiger partial charge in [-0.1, -0.05) is 43.3 Å². The zero-order valence-electron chi connectivity index (χ0n) is 17.7. The Morgan fingerprint density at radius 1 is 1.10 bits per heavy atom. The third kappa shape index (κ3) is 4.55. The third-order valence-corrected chi connectivity index (χ3v) is 6.56. The van der Waals surface area contributed by atoms with Gasteiger partial charge in [-0.25, -0.2) is 4.98 Å². The van der Waals surface area contributed by atoms with Crippen molar-refractivity contribution in [3.63, 3.8) is 0 Å². The van der Waals surface area contributed by atoms with E-state index < -0.39 is 0 Å². The summed E-state index contributed by atoms with van der Waals surface area (Å²) in [5.41, 5.74) is 4.47. The first-order valence-electron chi connectivity index (χ1n) is 10.6. The number of benzene rings is 2. The minimum atomic E-state index is 0.000576. The Hall–Kier alpha value is -2.70. The van der Waals surface area contributed by atoms with Gasteiger partial charge in [-0.2, -0.15) is 0 Å². The van der Waals surface area contributed by atoms with Crippen molar-refractivity contribution in [1.82, 2.24) is 4.98 Å². The minimum Gasteiger partial charge on any atom is -0.360 e. The topological polar surface area (TPSA) is 40.9 Å². The first kappa shape index (κ1) is 20.6. The van der Waals surface area contributed by atoms with Crippen LogP contribution in [0, 0.1) is 0 Å². The Bertz CT molecular complexity index is 980. The standard InChI is InChI=1S/C24H28N4OS/c1-3-20-9-7-8-12-23(20)28(19(2)29)24-25-21(18-30-24)17-26-13-15-27(16-14-26)22-10-5-4-6-11-22/h4-12,18H,3,13-17H2,1-2H3/p+1. The normalized spacial score (nSPS) is 14.7. The van der Waals surface area contributed by atoms with Crippen LogP contribution in [-0.4, -0.2) is 37.1 Å². The number of para-hydroxylation sites is 2. The molecule has 0 spiro atoms. The van der Waals surface area contributed by atoms with E-state index >= 15 is 0 Å². The van der Waals surface area contributed by atoms with Crippen LogP contribution >= 0.6 is 11.3 Å². The molecule has 1 aliphatic rings. The molecular formula is C24H29N4OS+. The van der Waals surface area contributed by atoms with E-state index in [9.17, 15) is 4.79 Å². The second-order valence-corrected chi connectivity index (χ2v) is 8.54. The molecule has 1 fully saturated rings. The molecule has 30 heavy (non-hydrogen) atoms. The molecule has 0 aliphatic carbocycles. The number of aryl methyl sites for hydroxylation is 1. The fraction of sp³-hybridized carbons (Fsp3) is 0.333. The number of amides is 1. The summed E-state index contributed by atoms with van der Waals surface area (Å²) in [6, 6.07) is 18.7. The Morgan fingerprint density at radius 2 is 1.80 bits per heavy atom. The lowest BCUT2D eigenvalue weighted by Gasteiger charge is -2.33. The van der Waals surface area contributed by atoms with Crippen molar-refractivity contribution in [2.75, 3.05) is 36.0 Å². The zero-order valence-corrected chi connectivity index (χ0v) is 18.5. The molecule has 1 N–H and O–H groups in total. The molecule has 0 atom stereocenters. The maximum absolute atomic E-state index is 12.5. The number of quaternary nitrogens is 1. The molecule has 0 bridgehead atoms. The molecule has 1 aromatic heterocycles. The summed E-state index contributed by atoms with van der Waals surface area (Å²) < 4.78 is 0. The molecule has 0 unspecified atom stereocenters. The van der Waals surface area contributed by atoms with Gasteiger partial charge in [0, 0.05) is 18.0 Å². The van der Waals surface area contributed by atoms with Crippen molar-refractivity contribution >= 4 is 33.8 Å². The summed E-state index contributed by atoms with van der Waals surface area (Å²) in [6.07, 6.45) is 0.883. The zero-order chi connectivity index (χ0) is 20.9. The summed E-state index contributed by atoms with van der Waals surface area (Å²) in [6.45, 7) is 8.93. The van der Waals surface area contributed by atoms with Gasteiger partial charge in [-0.05, 0) is 30.2 Å². The number of carbonyl (C=O) groups is 1. The van der Waals surface area contributed by atoms with Crippen LogP contribution in [0.25, 0.3) is 0 Å². The fourth-order valence-electron chi connectivity index (χ4n) is 4.07. The Morgan fingerprint density at radius 3 is 2.50 bits per heavy atom. The molecule has 0 saturated carbocycles. The highest BCUT2D eigenvalue weighted by Gasteiger charge is 2.23. The summed E-state index contributed by atoms with van der Waals surface area (Å²) in [5.74, 6) is 0.000576. The summed E-state index contributed by atoms with van der Waals surface area (Å²) in [5, 5.41) is 2.87. The molecule has 5 nitrogen and oxygen atoms in total. The molecule has 2 aromatic carbocycles. The number of carbonyl (C=O) groups excluding carboxylic acids is 1. The second-order valence-electron chi connectivity index (χ2n) is 7.71. The monoisotopic (exact) mass is 421 g/mol. The van der Waals surface area contributed by atoms with Crippen LogP contribution in [0.5, 0.6) is 0 Å². The largest absolute Gasteiger partial charge is 0.360 e. The van der Waals surface area contributed by atoms with Gasteiger partial charge < -0.3 is 9.80 Å². The summed E-state index contributed by atoms with van der Waals surface area (Å²) >= 11 is 1.56. The number of thiazole rings is 1. The Labute approximate surface area is 182 Å². The lowest BCUT2D eigenvalue weighted by atomic mass is 10.1. The predicted octanol–water partition coefficient (Wildman–Crippen LogP) is 3.30.